The summed E-state index contributed by atoms with van der Waals surface area (Å²) in [6, 6.07) is 0. The molecular weight excluding hydrogens is 356 g/mol. The van der Waals surface area contributed by atoms with Crippen molar-refractivity contribution in [1.29, 1.82) is 0 Å². The van der Waals surface area contributed by atoms with E-state index in [-0.39, 0.29) is 12.2 Å². The van der Waals surface area contributed by atoms with Gasteiger partial charge in [0.2, 0.25) is 0 Å². The quantitative estimate of drug-likeness (QED) is 0.525. The molecule has 4 aliphatic carbocycles. The van der Waals surface area contributed by atoms with Gasteiger partial charge in [0.15, 0.2) is 0 Å². The van der Waals surface area contributed by atoms with E-state index in [1.165, 1.54) is 38.5 Å². The van der Waals surface area contributed by atoms with Crippen molar-refractivity contribution in [2.45, 2.75) is 111 Å². The first kappa shape index (κ1) is 21.9. The van der Waals surface area contributed by atoms with Gasteiger partial charge in [0, 0.05) is 0 Å². The van der Waals surface area contributed by atoms with Gasteiger partial charge in [-0.05, 0) is 111 Å². The van der Waals surface area contributed by atoms with E-state index >= 15 is 0 Å². The van der Waals surface area contributed by atoms with Gasteiger partial charge in [-0.1, -0.05) is 46.3 Å². The SMILES string of the molecule is CC(C)CC[C@@H](O)C(C)C1CCC2C3CC=C4C[C@@H](O)CC[C@]4(C)C3CC[C@@]21C. The Morgan fingerprint density at radius 1 is 1.00 bits per heavy atom. The van der Waals surface area contributed by atoms with Crippen LogP contribution in [0, 0.1) is 46.3 Å². The number of rotatable bonds is 5. The highest BCUT2D eigenvalue weighted by atomic mass is 16.3. The highest BCUT2D eigenvalue weighted by molar-refractivity contribution is 5.25. The summed E-state index contributed by atoms with van der Waals surface area (Å²) in [4.78, 5) is 0. The van der Waals surface area contributed by atoms with Crippen LogP contribution >= 0.6 is 0 Å². The minimum atomic E-state index is -0.133. The standard InChI is InChI=1S/C27H46O2/c1-17(2)6-11-25(29)18(3)22-9-10-23-21-8-7-19-16-20(28)12-14-26(19,4)24(21)13-15-27(22,23)5/h7,17-18,20-25,28-29H,6,8-16H2,1-5H3/t18?,20-,21?,22?,23?,24?,25+,26-,27+/m0/s1. The van der Waals surface area contributed by atoms with Crippen molar-refractivity contribution in [1.82, 2.24) is 0 Å². The summed E-state index contributed by atoms with van der Waals surface area (Å²) < 4.78 is 0. The number of aliphatic hydroxyl groups excluding tert-OH is 2. The van der Waals surface area contributed by atoms with Gasteiger partial charge >= 0.3 is 0 Å². The topological polar surface area (TPSA) is 40.5 Å². The zero-order valence-corrected chi connectivity index (χ0v) is 19.7. The molecule has 0 amide bonds. The highest BCUT2D eigenvalue weighted by Crippen LogP contribution is 2.67. The molecule has 0 radical (unpaired) electrons. The van der Waals surface area contributed by atoms with Gasteiger partial charge < -0.3 is 10.2 Å². The maximum absolute atomic E-state index is 11.0. The minimum absolute atomic E-state index is 0.108. The van der Waals surface area contributed by atoms with E-state index < -0.39 is 0 Å². The van der Waals surface area contributed by atoms with Crippen molar-refractivity contribution in [3.63, 3.8) is 0 Å². The van der Waals surface area contributed by atoms with E-state index in [2.05, 4.69) is 40.7 Å². The Morgan fingerprint density at radius 2 is 1.76 bits per heavy atom. The number of fused-ring (bicyclic) bond motifs is 5. The van der Waals surface area contributed by atoms with E-state index in [4.69, 9.17) is 0 Å². The molecule has 0 heterocycles. The van der Waals surface area contributed by atoms with Crippen LogP contribution in [0.1, 0.15) is 98.8 Å². The van der Waals surface area contributed by atoms with Gasteiger partial charge in [-0.2, -0.15) is 0 Å². The second kappa shape index (κ2) is 7.97. The highest BCUT2D eigenvalue weighted by Gasteiger charge is 2.59. The number of allylic oxidation sites excluding steroid dienone is 1. The van der Waals surface area contributed by atoms with Gasteiger partial charge in [0.25, 0.3) is 0 Å². The van der Waals surface area contributed by atoms with E-state index in [1.54, 1.807) is 5.57 Å². The number of hydrogen-bond acceptors (Lipinski definition) is 2. The summed E-state index contributed by atoms with van der Waals surface area (Å²) in [5.74, 6) is 4.25. The molecule has 3 fully saturated rings. The van der Waals surface area contributed by atoms with E-state index in [0.29, 0.717) is 28.6 Å². The average molecular weight is 403 g/mol. The Bertz CT molecular complexity index is 624. The third kappa shape index (κ3) is 3.65. The molecule has 9 atom stereocenters. The first-order valence-corrected chi connectivity index (χ1v) is 12.7. The van der Waals surface area contributed by atoms with Crippen LogP contribution in [0.25, 0.3) is 0 Å². The monoisotopic (exact) mass is 402 g/mol. The van der Waals surface area contributed by atoms with Crippen molar-refractivity contribution in [2.75, 3.05) is 0 Å². The van der Waals surface area contributed by atoms with Crippen LogP contribution in [0.15, 0.2) is 11.6 Å². The fourth-order valence-corrected chi connectivity index (χ4v) is 8.58. The smallest absolute Gasteiger partial charge is 0.0577 e. The molecule has 166 valence electrons. The van der Waals surface area contributed by atoms with Crippen molar-refractivity contribution >= 4 is 0 Å². The number of aliphatic hydroxyl groups is 2. The van der Waals surface area contributed by atoms with Crippen LogP contribution in [0.4, 0.5) is 0 Å². The second-order valence-corrected chi connectivity index (χ2v) is 12.3. The number of hydrogen-bond donors (Lipinski definition) is 2. The molecule has 0 spiro atoms. The summed E-state index contributed by atoms with van der Waals surface area (Å²) in [5.41, 5.74) is 2.33. The summed E-state index contributed by atoms with van der Waals surface area (Å²) in [5, 5.41) is 21.2. The van der Waals surface area contributed by atoms with Gasteiger partial charge in [0.1, 0.15) is 0 Å². The molecule has 5 unspecified atom stereocenters. The Morgan fingerprint density at radius 3 is 2.48 bits per heavy atom. The molecule has 29 heavy (non-hydrogen) atoms. The predicted molar refractivity (Wildman–Crippen MR) is 120 cm³/mol. The normalized spacial score (nSPS) is 46.5. The summed E-state index contributed by atoms with van der Waals surface area (Å²) in [6.45, 7) is 12.0. The Kier molecular flexibility index (Phi) is 6.01. The van der Waals surface area contributed by atoms with Crippen molar-refractivity contribution in [3.05, 3.63) is 11.6 Å². The lowest BCUT2D eigenvalue weighted by Gasteiger charge is -2.58. The molecule has 0 aromatic rings. The predicted octanol–water partition coefficient (Wildman–Crippen LogP) is 6.36. The fraction of sp³-hybridized carbons (Fsp3) is 0.926. The van der Waals surface area contributed by atoms with E-state index in [9.17, 15) is 10.2 Å². The molecule has 0 bridgehead atoms. The lowest BCUT2D eigenvalue weighted by atomic mass is 9.47. The van der Waals surface area contributed by atoms with Gasteiger partial charge in [-0.25, -0.2) is 0 Å². The summed E-state index contributed by atoms with van der Waals surface area (Å²) in [6.07, 6.45) is 14.1. The maximum Gasteiger partial charge on any atom is 0.0577 e. The maximum atomic E-state index is 11.0. The molecule has 2 nitrogen and oxygen atoms in total. The second-order valence-electron chi connectivity index (χ2n) is 12.3. The lowest BCUT2D eigenvalue weighted by molar-refractivity contribution is -0.0681. The molecule has 2 N–H and O–H groups in total. The third-order valence-corrected chi connectivity index (χ3v) is 10.4. The molecule has 0 saturated heterocycles. The van der Waals surface area contributed by atoms with Crippen LogP contribution in [0.3, 0.4) is 0 Å². The lowest BCUT2D eigenvalue weighted by Crippen LogP contribution is -2.51. The molecule has 0 aromatic carbocycles. The molecule has 4 aliphatic rings. The molecule has 3 saturated carbocycles. The van der Waals surface area contributed by atoms with Crippen LogP contribution in [-0.2, 0) is 0 Å². The van der Waals surface area contributed by atoms with E-state index in [1.807, 2.05) is 0 Å². The first-order chi connectivity index (χ1) is 13.7. The minimum Gasteiger partial charge on any atom is -0.393 e. The molecule has 0 aliphatic heterocycles. The molecule has 4 rings (SSSR count). The van der Waals surface area contributed by atoms with E-state index in [0.717, 1.165) is 43.4 Å². The zero-order valence-electron chi connectivity index (χ0n) is 19.7. The van der Waals surface area contributed by atoms with Crippen LogP contribution in [0.2, 0.25) is 0 Å². The van der Waals surface area contributed by atoms with Crippen LogP contribution in [0.5, 0.6) is 0 Å². The first-order valence-electron chi connectivity index (χ1n) is 12.7. The third-order valence-electron chi connectivity index (χ3n) is 10.4. The molecule has 2 heteroatoms. The Labute approximate surface area is 179 Å². The zero-order chi connectivity index (χ0) is 21.0. The van der Waals surface area contributed by atoms with Crippen molar-refractivity contribution < 1.29 is 10.2 Å². The van der Waals surface area contributed by atoms with Gasteiger partial charge in [0.05, 0.1) is 12.2 Å². The van der Waals surface area contributed by atoms with Crippen molar-refractivity contribution in [2.24, 2.45) is 46.3 Å². The molecule has 0 aromatic heterocycles. The summed E-state index contributed by atoms with van der Waals surface area (Å²) >= 11 is 0. The van der Waals surface area contributed by atoms with Gasteiger partial charge in [-0.15, -0.1) is 0 Å². The average Bonchev–Trinajstić information content (AvgIpc) is 3.03. The van der Waals surface area contributed by atoms with Crippen LogP contribution < -0.4 is 0 Å². The van der Waals surface area contributed by atoms with Gasteiger partial charge in [-0.3, -0.25) is 0 Å². The van der Waals surface area contributed by atoms with Crippen molar-refractivity contribution in [3.8, 4) is 0 Å². The Balaban J connectivity index is 1.51. The largest absolute Gasteiger partial charge is 0.393 e. The summed E-state index contributed by atoms with van der Waals surface area (Å²) in [7, 11) is 0. The van der Waals surface area contributed by atoms with Crippen LogP contribution in [-0.4, -0.2) is 22.4 Å². The fourth-order valence-electron chi connectivity index (χ4n) is 8.58. The molecular formula is C27H46O2. The Hall–Kier alpha value is -0.340.